The van der Waals surface area contributed by atoms with Crippen molar-refractivity contribution in [3.05, 3.63) is 71.5 Å². The molecule has 0 aliphatic carbocycles. The fraction of sp³-hybridized carbons (Fsp3) is 0.0625. The number of nitrogens with zero attached hydrogens (tertiary/aromatic N) is 2. The van der Waals surface area contributed by atoms with Crippen molar-refractivity contribution in [2.75, 3.05) is 5.32 Å². The molecule has 0 fully saturated rings. The molecule has 0 radical (unpaired) electrons. The van der Waals surface area contributed by atoms with Crippen LogP contribution in [0.4, 0.5) is 10.8 Å². The van der Waals surface area contributed by atoms with Gasteiger partial charge < -0.3 is 10.6 Å². The average molecular weight is 310 g/mol. The lowest BCUT2D eigenvalue weighted by Crippen LogP contribution is -2.22. The van der Waals surface area contributed by atoms with E-state index in [4.69, 9.17) is 0 Å². The lowest BCUT2D eigenvalue weighted by Gasteiger charge is -2.07. The Morgan fingerprint density at radius 1 is 1.18 bits per heavy atom. The maximum atomic E-state index is 12.2. The van der Waals surface area contributed by atoms with Gasteiger partial charge in [-0.05, 0) is 29.8 Å². The number of rotatable bonds is 5. The second kappa shape index (κ2) is 6.82. The summed E-state index contributed by atoms with van der Waals surface area (Å²) < 4.78 is 0. The number of amides is 1. The third-order valence-electron chi connectivity index (χ3n) is 2.98. The molecule has 0 aliphatic heterocycles. The zero-order valence-electron chi connectivity index (χ0n) is 11.7. The maximum absolute atomic E-state index is 12.2. The Kier molecular flexibility index (Phi) is 4.41. The first-order valence-corrected chi connectivity index (χ1v) is 7.63. The van der Waals surface area contributed by atoms with Gasteiger partial charge in [0.2, 0.25) is 0 Å². The van der Waals surface area contributed by atoms with Crippen molar-refractivity contribution in [2.24, 2.45) is 0 Å². The molecule has 0 aliphatic rings. The summed E-state index contributed by atoms with van der Waals surface area (Å²) in [5.74, 6) is -0.119. The van der Waals surface area contributed by atoms with Crippen molar-refractivity contribution in [3.8, 4) is 0 Å². The molecule has 1 aromatic carbocycles. The largest absolute Gasteiger partial charge is 0.348 e. The van der Waals surface area contributed by atoms with E-state index < -0.39 is 0 Å². The van der Waals surface area contributed by atoms with Gasteiger partial charge in [0.1, 0.15) is 0 Å². The monoisotopic (exact) mass is 310 g/mol. The van der Waals surface area contributed by atoms with Gasteiger partial charge in [0.05, 0.1) is 0 Å². The van der Waals surface area contributed by atoms with E-state index in [0.717, 1.165) is 16.4 Å². The fourth-order valence-electron chi connectivity index (χ4n) is 1.93. The topological polar surface area (TPSA) is 66.9 Å². The Morgan fingerprint density at radius 3 is 2.91 bits per heavy atom. The molecule has 0 saturated heterocycles. The fourth-order valence-corrected chi connectivity index (χ4v) is 2.48. The smallest absolute Gasteiger partial charge is 0.251 e. The highest BCUT2D eigenvalue weighted by Crippen LogP contribution is 2.19. The van der Waals surface area contributed by atoms with Crippen LogP contribution in [-0.2, 0) is 6.54 Å². The number of aromatic nitrogens is 2. The Balaban J connectivity index is 1.65. The minimum absolute atomic E-state index is 0.119. The number of anilines is 2. The summed E-state index contributed by atoms with van der Waals surface area (Å²) in [6, 6.07) is 11.1. The molecule has 3 aromatic rings. The third kappa shape index (κ3) is 3.67. The van der Waals surface area contributed by atoms with Gasteiger partial charge in [-0.15, -0.1) is 11.3 Å². The normalized spacial score (nSPS) is 10.2. The molecular weight excluding hydrogens is 296 g/mol. The van der Waals surface area contributed by atoms with Crippen molar-refractivity contribution in [1.82, 2.24) is 15.3 Å². The van der Waals surface area contributed by atoms with Gasteiger partial charge in [-0.1, -0.05) is 12.1 Å². The third-order valence-corrected chi connectivity index (χ3v) is 3.67. The Bertz CT molecular complexity index is 744. The second-order valence-corrected chi connectivity index (χ2v) is 5.48. The SMILES string of the molecule is O=C(NCc1cccnc1)c1cccc(Nc2nccs2)c1. The minimum Gasteiger partial charge on any atom is -0.348 e. The van der Waals surface area contributed by atoms with Gasteiger partial charge in [0, 0.05) is 41.8 Å². The molecule has 6 heteroatoms. The van der Waals surface area contributed by atoms with Crippen LogP contribution in [0.3, 0.4) is 0 Å². The molecule has 3 rings (SSSR count). The first kappa shape index (κ1) is 14.2. The van der Waals surface area contributed by atoms with Crippen molar-refractivity contribution < 1.29 is 4.79 Å². The second-order valence-electron chi connectivity index (χ2n) is 4.59. The van der Waals surface area contributed by atoms with Crippen LogP contribution >= 0.6 is 11.3 Å². The molecule has 0 bridgehead atoms. The molecule has 0 saturated carbocycles. The lowest BCUT2D eigenvalue weighted by atomic mass is 10.2. The van der Waals surface area contributed by atoms with E-state index in [2.05, 4.69) is 20.6 Å². The van der Waals surface area contributed by atoms with Gasteiger partial charge in [-0.3, -0.25) is 9.78 Å². The first-order valence-electron chi connectivity index (χ1n) is 6.75. The summed E-state index contributed by atoms with van der Waals surface area (Å²) >= 11 is 1.51. The van der Waals surface area contributed by atoms with Gasteiger partial charge in [0.25, 0.3) is 5.91 Å². The van der Waals surface area contributed by atoms with E-state index in [0.29, 0.717) is 12.1 Å². The molecule has 0 atom stereocenters. The summed E-state index contributed by atoms with van der Waals surface area (Å²) in [6.45, 7) is 0.455. The van der Waals surface area contributed by atoms with Crippen LogP contribution < -0.4 is 10.6 Å². The number of carbonyl (C=O) groups excluding carboxylic acids is 1. The number of thiazole rings is 1. The van der Waals surface area contributed by atoms with Crippen molar-refractivity contribution in [3.63, 3.8) is 0 Å². The van der Waals surface area contributed by atoms with Gasteiger partial charge in [-0.25, -0.2) is 4.98 Å². The zero-order valence-corrected chi connectivity index (χ0v) is 12.5. The van der Waals surface area contributed by atoms with Crippen LogP contribution in [0.5, 0.6) is 0 Å². The van der Waals surface area contributed by atoms with E-state index in [1.165, 1.54) is 11.3 Å². The molecule has 1 amide bonds. The quantitative estimate of drug-likeness (QED) is 0.759. The Hall–Kier alpha value is -2.73. The van der Waals surface area contributed by atoms with Gasteiger partial charge >= 0.3 is 0 Å². The Morgan fingerprint density at radius 2 is 2.14 bits per heavy atom. The highest BCUT2D eigenvalue weighted by Gasteiger charge is 2.06. The number of hydrogen-bond acceptors (Lipinski definition) is 5. The zero-order chi connectivity index (χ0) is 15.2. The van der Waals surface area contributed by atoms with Gasteiger partial charge in [-0.2, -0.15) is 0 Å². The minimum atomic E-state index is -0.119. The predicted molar refractivity (Wildman–Crippen MR) is 87.2 cm³/mol. The average Bonchev–Trinajstić information content (AvgIpc) is 3.07. The lowest BCUT2D eigenvalue weighted by molar-refractivity contribution is 0.0951. The molecule has 5 nitrogen and oxygen atoms in total. The van der Waals surface area contributed by atoms with Crippen LogP contribution in [0.25, 0.3) is 0 Å². The summed E-state index contributed by atoms with van der Waals surface area (Å²) in [5, 5.41) is 8.75. The standard InChI is InChI=1S/C16H14N4OS/c21-15(19-11-12-3-2-6-17-10-12)13-4-1-5-14(9-13)20-16-18-7-8-22-16/h1-10H,11H2,(H,18,20)(H,19,21). The summed E-state index contributed by atoms with van der Waals surface area (Å²) in [6.07, 6.45) is 5.18. The van der Waals surface area contributed by atoms with Crippen LogP contribution in [0.1, 0.15) is 15.9 Å². The number of pyridine rings is 1. The van der Waals surface area contributed by atoms with Crippen LogP contribution in [-0.4, -0.2) is 15.9 Å². The predicted octanol–water partition coefficient (Wildman–Crippen LogP) is 3.21. The summed E-state index contributed by atoms with van der Waals surface area (Å²) in [7, 11) is 0. The highest BCUT2D eigenvalue weighted by atomic mass is 32.1. The summed E-state index contributed by atoms with van der Waals surface area (Å²) in [4.78, 5) is 20.4. The molecule has 0 spiro atoms. The summed E-state index contributed by atoms with van der Waals surface area (Å²) in [5.41, 5.74) is 2.40. The molecule has 0 unspecified atom stereocenters. The van der Waals surface area contributed by atoms with E-state index >= 15 is 0 Å². The van der Waals surface area contributed by atoms with E-state index in [1.54, 1.807) is 30.7 Å². The van der Waals surface area contributed by atoms with Crippen molar-refractivity contribution in [2.45, 2.75) is 6.54 Å². The molecule has 22 heavy (non-hydrogen) atoms. The van der Waals surface area contributed by atoms with E-state index in [9.17, 15) is 4.79 Å². The molecule has 110 valence electrons. The molecule has 2 heterocycles. The van der Waals surface area contributed by atoms with Crippen LogP contribution in [0.15, 0.2) is 60.4 Å². The van der Waals surface area contributed by atoms with E-state index in [-0.39, 0.29) is 5.91 Å². The van der Waals surface area contributed by atoms with Crippen molar-refractivity contribution >= 4 is 28.1 Å². The number of nitrogens with one attached hydrogen (secondary N) is 2. The van der Waals surface area contributed by atoms with E-state index in [1.807, 2.05) is 29.6 Å². The first-order chi connectivity index (χ1) is 10.8. The molecule has 2 aromatic heterocycles. The van der Waals surface area contributed by atoms with Crippen LogP contribution in [0, 0.1) is 0 Å². The van der Waals surface area contributed by atoms with Crippen molar-refractivity contribution in [1.29, 1.82) is 0 Å². The number of carbonyl (C=O) groups is 1. The van der Waals surface area contributed by atoms with Gasteiger partial charge in [0.15, 0.2) is 5.13 Å². The molecule has 2 N–H and O–H groups in total. The maximum Gasteiger partial charge on any atom is 0.251 e. The molecular formula is C16H14N4OS. The highest BCUT2D eigenvalue weighted by molar-refractivity contribution is 7.13. The number of hydrogen-bond donors (Lipinski definition) is 2. The Labute approximate surface area is 132 Å². The van der Waals surface area contributed by atoms with Crippen LogP contribution in [0.2, 0.25) is 0 Å². The number of benzene rings is 1.